The molecule has 9 rings (SSSR count). The van der Waals surface area contributed by atoms with Crippen LogP contribution in [0, 0.1) is 0 Å². The zero-order valence-electron chi connectivity index (χ0n) is 47.6. The lowest BCUT2D eigenvalue weighted by atomic mass is 9.97. The fourth-order valence-corrected chi connectivity index (χ4v) is 11.7. The van der Waals surface area contributed by atoms with Gasteiger partial charge in [-0.2, -0.15) is 0 Å². The lowest BCUT2D eigenvalue weighted by Crippen LogP contribution is -2.63. The molecule has 16 heteroatoms. The summed E-state index contributed by atoms with van der Waals surface area (Å²) in [4.78, 5) is 24.1. The second kappa shape index (κ2) is 25.5. The number of imidazole rings is 1. The molecular formula is C63H80N4O10Si2. The summed E-state index contributed by atoms with van der Waals surface area (Å²) in [5.41, 5.74) is 5.17. The van der Waals surface area contributed by atoms with Crippen molar-refractivity contribution in [1.82, 2.24) is 19.1 Å². The van der Waals surface area contributed by atoms with Gasteiger partial charge in [0.15, 0.2) is 40.3 Å². The first kappa shape index (κ1) is 58.2. The summed E-state index contributed by atoms with van der Waals surface area (Å²) in [7, 11) is -5.00. The third-order valence-electron chi connectivity index (χ3n) is 16.1. The van der Waals surface area contributed by atoms with Gasteiger partial charge in [-0.05, 0) is 64.1 Å². The van der Waals surface area contributed by atoms with Gasteiger partial charge >= 0.3 is 0 Å². The van der Waals surface area contributed by atoms with Crippen LogP contribution in [0.15, 0.2) is 169 Å². The molecule has 14 nitrogen and oxygen atoms in total. The molecule has 420 valence electrons. The van der Waals surface area contributed by atoms with Gasteiger partial charge < -0.3 is 42.0 Å². The standard InChI is InChI=1S/C63H80N4O10Si2/c1-62(2,3)78(7,8)73-42-51-54(77-79(9,10)63(4,5)6)56(60(74-51)67-44-64-52-58(67)65-43-66(59(52)68)36-45-26-16-11-17-27-45)76-61-57(72-40-49-34-24-15-25-35-49)55(71-39-48-32-22-14-23-33-48)53(70-38-47-30-20-13-21-31-47)50(75-61)41-69-37-46-28-18-12-19-29-46/h11-35,43-44,50-51,53-57,60-61H,36-42H2,1-10H3/t50-,51-,53-,54-,55+,56-,57-,60-,61?/m1/s1. The number of benzene rings is 5. The molecule has 0 N–H and O–H groups in total. The molecule has 2 aliphatic rings. The van der Waals surface area contributed by atoms with Crippen molar-refractivity contribution in [1.29, 1.82) is 0 Å². The first-order chi connectivity index (χ1) is 37.8. The predicted octanol–water partition coefficient (Wildman–Crippen LogP) is 12.0. The molecule has 5 aromatic carbocycles. The molecule has 1 unspecified atom stereocenters. The summed E-state index contributed by atoms with van der Waals surface area (Å²) in [5.74, 6) is 0. The summed E-state index contributed by atoms with van der Waals surface area (Å²) in [6.45, 7) is 24.1. The molecule has 2 saturated heterocycles. The molecule has 0 radical (unpaired) electrons. The molecule has 2 fully saturated rings. The number of hydrogen-bond donors (Lipinski definition) is 0. The number of ether oxygens (including phenoxy) is 7. The molecule has 0 aliphatic carbocycles. The van der Waals surface area contributed by atoms with Gasteiger partial charge in [-0.15, -0.1) is 0 Å². The highest BCUT2D eigenvalue weighted by Gasteiger charge is 2.57. The Kier molecular flexibility index (Phi) is 18.8. The Balaban J connectivity index is 1.17. The fourth-order valence-electron chi connectivity index (χ4n) is 9.41. The van der Waals surface area contributed by atoms with E-state index in [9.17, 15) is 4.79 Å². The lowest BCUT2D eigenvalue weighted by molar-refractivity contribution is -0.342. The van der Waals surface area contributed by atoms with Crippen LogP contribution in [0.5, 0.6) is 0 Å². The Morgan fingerprint density at radius 2 is 0.975 bits per heavy atom. The van der Waals surface area contributed by atoms with E-state index in [2.05, 4.69) is 67.7 Å². The average Bonchev–Trinajstić information content (AvgIpc) is 4.27. The van der Waals surface area contributed by atoms with Crippen LogP contribution in [0.4, 0.5) is 0 Å². The molecule has 0 saturated carbocycles. The zero-order chi connectivity index (χ0) is 55.8. The minimum absolute atomic E-state index is 0.0917. The number of hydrogen-bond acceptors (Lipinski definition) is 12. The quantitative estimate of drug-likeness (QED) is 0.0564. The van der Waals surface area contributed by atoms with Crippen LogP contribution in [-0.2, 0) is 75.0 Å². The van der Waals surface area contributed by atoms with Gasteiger partial charge in [-0.3, -0.25) is 13.9 Å². The van der Waals surface area contributed by atoms with Crippen LogP contribution in [0.2, 0.25) is 36.3 Å². The number of fused-ring (bicyclic) bond motifs is 1. The van der Waals surface area contributed by atoms with E-state index in [1.54, 1.807) is 21.8 Å². The molecule has 0 spiro atoms. The molecule has 2 aliphatic heterocycles. The normalized spacial score (nSPS) is 23.1. The van der Waals surface area contributed by atoms with Crippen molar-refractivity contribution >= 4 is 27.8 Å². The van der Waals surface area contributed by atoms with Crippen molar-refractivity contribution in [3.8, 4) is 0 Å². The SMILES string of the molecule is CC(C)(C)[Si](C)(C)OC[C@H]1O[C@@H](n2cnc3c(=O)n(Cc4ccccc4)cnc32)[C@H](OC2O[C@H](COCc3ccccc3)[C@@H](OCc3ccccc3)[C@H](OCc3ccccc3)[C@H]2OCc2ccccc2)[C@@H]1O[Si](C)(C)C(C)(C)C. The van der Waals surface area contributed by atoms with Gasteiger partial charge in [0.1, 0.15) is 49.1 Å². The number of aromatic nitrogens is 4. The summed E-state index contributed by atoms with van der Waals surface area (Å²) >= 11 is 0. The molecule has 0 bridgehead atoms. The molecular weight excluding hydrogens is 1030 g/mol. The van der Waals surface area contributed by atoms with Crippen LogP contribution >= 0.6 is 0 Å². The Morgan fingerprint density at radius 1 is 0.506 bits per heavy atom. The highest BCUT2D eigenvalue weighted by molar-refractivity contribution is 6.74. The van der Waals surface area contributed by atoms with E-state index in [4.69, 9.17) is 52.0 Å². The second-order valence-corrected chi connectivity index (χ2v) is 33.5. The van der Waals surface area contributed by atoms with E-state index < -0.39 is 71.9 Å². The van der Waals surface area contributed by atoms with E-state index in [0.717, 1.165) is 27.8 Å². The molecule has 4 heterocycles. The summed E-state index contributed by atoms with van der Waals surface area (Å²) in [6.07, 6.45) is -4.24. The summed E-state index contributed by atoms with van der Waals surface area (Å²) in [6, 6.07) is 50.1. The van der Waals surface area contributed by atoms with Gasteiger partial charge in [0.25, 0.3) is 5.56 Å². The van der Waals surface area contributed by atoms with Crippen LogP contribution in [0.3, 0.4) is 0 Å². The van der Waals surface area contributed by atoms with E-state index in [1.807, 2.05) is 152 Å². The molecule has 7 aromatic rings. The average molecular weight is 1110 g/mol. The smallest absolute Gasteiger partial charge is 0.281 e. The first-order valence-corrected chi connectivity index (χ1v) is 33.5. The van der Waals surface area contributed by atoms with Crippen molar-refractivity contribution in [3.63, 3.8) is 0 Å². The number of rotatable bonds is 23. The van der Waals surface area contributed by atoms with Crippen molar-refractivity contribution in [2.75, 3.05) is 13.2 Å². The molecule has 2 aromatic heterocycles. The van der Waals surface area contributed by atoms with Crippen LogP contribution in [-0.4, -0.2) is 98.0 Å². The van der Waals surface area contributed by atoms with Crippen molar-refractivity contribution < 1.29 is 42.0 Å². The van der Waals surface area contributed by atoms with Gasteiger partial charge in [0.2, 0.25) is 0 Å². The monoisotopic (exact) mass is 1110 g/mol. The van der Waals surface area contributed by atoms with Gasteiger partial charge in [0.05, 0.1) is 52.5 Å². The maximum atomic E-state index is 14.4. The largest absolute Gasteiger partial charge is 0.414 e. The minimum Gasteiger partial charge on any atom is -0.414 e. The van der Waals surface area contributed by atoms with Gasteiger partial charge in [-0.1, -0.05) is 193 Å². The van der Waals surface area contributed by atoms with Crippen molar-refractivity contribution in [2.24, 2.45) is 0 Å². The van der Waals surface area contributed by atoms with Crippen molar-refractivity contribution in [3.05, 3.63) is 202 Å². The lowest BCUT2D eigenvalue weighted by Gasteiger charge is -2.47. The Hall–Kier alpha value is -5.48. The number of nitrogens with zero attached hydrogens (tertiary/aromatic N) is 4. The van der Waals surface area contributed by atoms with Crippen LogP contribution in [0.1, 0.15) is 75.6 Å². The Morgan fingerprint density at radius 3 is 1.49 bits per heavy atom. The Bertz CT molecular complexity index is 3050. The summed E-state index contributed by atoms with van der Waals surface area (Å²) < 4.78 is 68.4. The Labute approximate surface area is 468 Å². The van der Waals surface area contributed by atoms with E-state index in [-0.39, 0.29) is 54.2 Å². The van der Waals surface area contributed by atoms with Gasteiger partial charge in [-0.25, -0.2) is 9.97 Å². The second-order valence-electron chi connectivity index (χ2n) is 23.9. The van der Waals surface area contributed by atoms with Crippen molar-refractivity contribution in [2.45, 2.75) is 166 Å². The van der Waals surface area contributed by atoms with Gasteiger partial charge in [0, 0.05) is 0 Å². The predicted molar refractivity (Wildman–Crippen MR) is 311 cm³/mol. The van der Waals surface area contributed by atoms with E-state index >= 15 is 0 Å². The first-order valence-electron chi connectivity index (χ1n) is 27.7. The minimum atomic E-state index is -2.64. The molecule has 79 heavy (non-hydrogen) atoms. The van der Waals surface area contributed by atoms with E-state index in [0.29, 0.717) is 18.8 Å². The van der Waals surface area contributed by atoms with Crippen LogP contribution < -0.4 is 5.56 Å². The highest BCUT2D eigenvalue weighted by Crippen LogP contribution is 2.45. The highest BCUT2D eigenvalue weighted by atomic mass is 28.4. The molecule has 0 amide bonds. The summed E-state index contributed by atoms with van der Waals surface area (Å²) in [5, 5.41) is -0.303. The maximum Gasteiger partial charge on any atom is 0.281 e. The molecule has 9 atom stereocenters. The topological polar surface area (TPSA) is 136 Å². The maximum absolute atomic E-state index is 14.4. The third-order valence-corrected chi connectivity index (χ3v) is 25.1. The zero-order valence-corrected chi connectivity index (χ0v) is 49.6. The van der Waals surface area contributed by atoms with Crippen LogP contribution in [0.25, 0.3) is 11.2 Å². The third kappa shape index (κ3) is 14.4. The van der Waals surface area contributed by atoms with E-state index in [1.165, 1.54) is 0 Å². The fraction of sp³-hybridized carbons (Fsp3) is 0.444.